The highest BCUT2D eigenvalue weighted by Gasteiger charge is 2.48. The lowest BCUT2D eigenvalue weighted by Crippen LogP contribution is -2.37. The molecule has 0 radical (unpaired) electrons. The quantitative estimate of drug-likeness (QED) is 0.461. The number of carbonyl (C=O) groups is 2. The van der Waals surface area contributed by atoms with Crippen LogP contribution in [0, 0.1) is 10.1 Å². The first-order chi connectivity index (χ1) is 11.3. The van der Waals surface area contributed by atoms with Gasteiger partial charge in [0.1, 0.15) is 6.10 Å². The predicted octanol–water partition coefficient (Wildman–Crippen LogP) is 2.31. The minimum absolute atomic E-state index is 0.0515. The van der Waals surface area contributed by atoms with E-state index in [0.717, 1.165) is 0 Å². The fraction of sp³-hybridized carbons (Fsp3) is 0.500. The highest BCUT2D eigenvalue weighted by atomic mass is 16.6. The van der Waals surface area contributed by atoms with E-state index < -0.39 is 41.3 Å². The number of nitro groups is 1. The molecule has 24 heavy (non-hydrogen) atoms. The molecule has 1 aromatic carbocycles. The third-order valence-electron chi connectivity index (χ3n) is 3.75. The summed E-state index contributed by atoms with van der Waals surface area (Å²) < 4.78 is 16.5. The molecule has 1 heterocycles. The summed E-state index contributed by atoms with van der Waals surface area (Å²) in [6, 6.07) is 5.79. The van der Waals surface area contributed by atoms with E-state index in [1.54, 1.807) is 12.1 Å². The first-order valence-electron chi connectivity index (χ1n) is 7.57. The summed E-state index contributed by atoms with van der Waals surface area (Å²) in [7, 11) is 0. The van der Waals surface area contributed by atoms with Crippen LogP contribution in [0.25, 0.3) is 0 Å². The Morgan fingerprint density at radius 2 is 1.67 bits per heavy atom. The largest absolute Gasteiger partial charge is 0.456 e. The van der Waals surface area contributed by atoms with E-state index in [1.807, 2.05) is 6.92 Å². The van der Waals surface area contributed by atoms with Crippen molar-refractivity contribution in [2.45, 2.75) is 51.6 Å². The summed E-state index contributed by atoms with van der Waals surface area (Å²) in [5.41, 5.74) is 0.560. The Labute approximate surface area is 138 Å². The van der Waals surface area contributed by atoms with E-state index in [0.29, 0.717) is 12.0 Å². The number of nitro benzene ring substituents is 1. The molecule has 0 amide bonds. The van der Waals surface area contributed by atoms with Crippen molar-refractivity contribution in [1.29, 1.82) is 0 Å². The van der Waals surface area contributed by atoms with Gasteiger partial charge in [-0.25, -0.2) is 0 Å². The van der Waals surface area contributed by atoms with Gasteiger partial charge < -0.3 is 14.2 Å². The fourth-order valence-corrected chi connectivity index (χ4v) is 2.76. The molecular formula is C16H19NO7. The summed E-state index contributed by atoms with van der Waals surface area (Å²) in [6.45, 7) is 4.40. The topological polar surface area (TPSA) is 105 Å². The molecule has 130 valence electrons. The van der Waals surface area contributed by atoms with Gasteiger partial charge in [-0.15, -0.1) is 0 Å². The van der Waals surface area contributed by atoms with Crippen LogP contribution in [0.5, 0.6) is 0 Å². The fourth-order valence-electron chi connectivity index (χ4n) is 2.76. The first-order valence-corrected chi connectivity index (χ1v) is 7.57. The number of ether oxygens (including phenoxy) is 3. The average molecular weight is 337 g/mol. The SMILES string of the molecule is CCC1OC(c2ccc([N+](=O)[O-])cc2)C(OC(C)=O)C1OC(C)=O. The molecule has 8 nitrogen and oxygen atoms in total. The Balaban J connectivity index is 2.33. The van der Waals surface area contributed by atoms with Crippen molar-refractivity contribution < 1.29 is 28.7 Å². The molecule has 4 atom stereocenters. The van der Waals surface area contributed by atoms with E-state index in [9.17, 15) is 19.7 Å². The van der Waals surface area contributed by atoms with Crippen LogP contribution in [0.15, 0.2) is 24.3 Å². The Morgan fingerprint density at radius 1 is 1.12 bits per heavy atom. The summed E-state index contributed by atoms with van der Waals surface area (Å²) in [5.74, 6) is -1.02. The molecule has 2 rings (SSSR count). The normalized spacial score (nSPS) is 26.0. The molecule has 0 saturated carbocycles. The van der Waals surface area contributed by atoms with Gasteiger partial charge in [0.2, 0.25) is 0 Å². The van der Waals surface area contributed by atoms with E-state index >= 15 is 0 Å². The number of hydrogen-bond acceptors (Lipinski definition) is 7. The maximum atomic E-state index is 11.4. The van der Waals surface area contributed by atoms with Crippen LogP contribution in [-0.4, -0.2) is 35.2 Å². The van der Waals surface area contributed by atoms with E-state index in [-0.39, 0.29) is 5.69 Å². The van der Waals surface area contributed by atoms with Crippen molar-refractivity contribution in [3.05, 3.63) is 39.9 Å². The van der Waals surface area contributed by atoms with Gasteiger partial charge in [0.15, 0.2) is 12.2 Å². The molecule has 1 saturated heterocycles. The van der Waals surface area contributed by atoms with Gasteiger partial charge >= 0.3 is 11.9 Å². The number of benzene rings is 1. The Morgan fingerprint density at radius 3 is 2.12 bits per heavy atom. The molecular weight excluding hydrogens is 318 g/mol. The smallest absolute Gasteiger partial charge is 0.303 e. The highest BCUT2D eigenvalue weighted by molar-refractivity contribution is 5.67. The third kappa shape index (κ3) is 3.88. The Hall–Kier alpha value is -2.48. The summed E-state index contributed by atoms with van der Waals surface area (Å²) in [5, 5.41) is 10.8. The van der Waals surface area contributed by atoms with Crippen LogP contribution in [0.4, 0.5) is 5.69 Å². The standard InChI is InChI=1S/C16H19NO7/c1-4-13-15(22-9(2)18)16(23-10(3)19)14(24-13)11-5-7-12(8-6-11)17(20)21/h5-8,13-16H,4H2,1-3H3. The molecule has 1 aliphatic rings. The number of carbonyl (C=O) groups excluding carboxylic acids is 2. The zero-order valence-electron chi connectivity index (χ0n) is 13.6. The highest BCUT2D eigenvalue weighted by Crippen LogP contribution is 2.39. The number of nitrogens with zero attached hydrogens (tertiary/aromatic N) is 1. The van der Waals surface area contributed by atoms with Crippen molar-refractivity contribution in [3.8, 4) is 0 Å². The lowest BCUT2D eigenvalue weighted by molar-refractivity contribution is -0.384. The number of non-ortho nitro benzene ring substituents is 1. The second kappa shape index (κ2) is 7.39. The van der Waals surface area contributed by atoms with Crippen molar-refractivity contribution in [2.75, 3.05) is 0 Å². The van der Waals surface area contributed by atoms with Gasteiger partial charge in [-0.2, -0.15) is 0 Å². The van der Waals surface area contributed by atoms with Crippen LogP contribution in [0.3, 0.4) is 0 Å². The average Bonchev–Trinajstić information content (AvgIpc) is 2.84. The molecule has 0 N–H and O–H groups in total. The van der Waals surface area contributed by atoms with E-state index in [1.165, 1.54) is 26.0 Å². The number of rotatable bonds is 5. The maximum Gasteiger partial charge on any atom is 0.303 e. The van der Waals surface area contributed by atoms with Crippen molar-refractivity contribution >= 4 is 17.6 Å². The first kappa shape index (κ1) is 17.9. The monoisotopic (exact) mass is 337 g/mol. The lowest BCUT2D eigenvalue weighted by atomic mass is 10.00. The Bertz CT molecular complexity index is 628. The molecule has 4 unspecified atom stereocenters. The van der Waals surface area contributed by atoms with Crippen molar-refractivity contribution in [1.82, 2.24) is 0 Å². The van der Waals surface area contributed by atoms with Gasteiger partial charge in [-0.05, 0) is 24.1 Å². The molecule has 0 bridgehead atoms. The van der Waals surface area contributed by atoms with Crippen LogP contribution in [0.2, 0.25) is 0 Å². The molecule has 8 heteroatoms. The van der Waals surface area contributed by atoms with Crippen LogP contribution in [0.1, 0.15) is 38.9 Å². The molecule has 0 aromatic heterocycles. The van der Waals surface area contributed by atoms with Gasteiger partial charge in [-0.3, -0.25) is 19.7 Å². The van der Waals surface area contributed by atoms with E-state index in [2.05, 4.69) is 0 Å². The maximum absolute atomic E-state index is 11.4. The van der Waals surface area contributed by atoms with Crippen molar-refractivity contribution in [2.24, 2.45) is 0 Å². The lowest BCUT2D eigenvalue weighted by Gasteiger charge is -2.23. The minimum Gasteiger partial charge on any atom is -0.456 e. The van der Waals surface area contributed by atoms with Gasteiger partial charge in [0.05, 0.1) is 11.0 Å². The molecule has 0 spiro atoms. The molecule has 1 aliphatic heterocycles. The second-order valence-corrected chi connectivity index (χ2v) is 5.50. The van der Waals surface area contributed by atoms with Gasteiger partial charge in [0, 0.05) is 26.0 Å². The van der Waals surface area contributed by atoms with Crippen LogP contribution in [-0.2, 0) is 23.8 Å². The molecule has 1 fully saturated rings. The van der Waals surface area contributed by atoms with Gasteiger partial charge in [-0.1, -0.05) is 6.92 Å². The van der Waals surface area contributed by atoms with Crippen LogP contribution < -0.4 is 0 Å². The predicted molar refractivity (Wildman–Crippen MR) is 82.1 cm³/mol. The Kier molecular flexibility index (Phi) is 5.50. The minimum atomic E-state index is -0.808. The third-order valence-corrected chi connectivity index (χ3v) is 3.75. The molecule has 1 aromatic rings. The molecule has 0 aliphatic carbocycles. The summed E-state index contributed by atoms with van der Waals surface area (Å²) in [4.78, 5) is 33.1. The summed E-state index contributed by atoms with van der Waals surface area (Å²) in [6.07, 6.45) is -2.07. The summed E-state index contributed by atoms with van der Waals surface area (Å²) >= 11 is 0. The van der Waals surface area contributed by atoms with Crippen molar-refractivity contribution in [3.63, 3.8) is 0 Å². The zero-order valence-corrected chi connectivity index (χ0v) is 13.6. The van der Waals surface area contributed by atoms with Crippen LogP contribution >= 0.6 is 0 Å². The number of esters is 2. The van der Waals surface area contributed by atoms with E-state index in [4.69, 9.17) is 14.2 Å². The zero-order chi connectivity index (χ0) is 17.9. The second-order valence-electron chi connectivity index (χ2n) is 5.50. The van der Waals surface area contributed by atoms with Gasteiger partial charge in [0.25, 0.3) is 5.69 Å². The number of hydrogen-bond donors (Lipinski definition) is 0.